The average Bonchev–Trinajstić information content (AvgIpc) is 2.74. The number of carboxylic acids is 1. The van der Waals surface area contributed by atoms with Crippen molar-refractivity contribution in [2.75, 3.05) is 33.8 Å². The average molecular weight is 273 g/mol. The summed E-state index contributed by atoms with van der Waals surface area (Å²) in [5.41, 5.74) is 0. The Bertz CT molecular complexity index is 324. The minimum absolute atomic E-state index is 0.0121. The molecule has 3 N–H and O–H groups in total. The Hall–Kier alpha value is -1.34. The lowest BCUT2D eigenvalue weighted by molar-refractivity contribution is -0.139. The van der Waals surface area contributed by atoms with Crippen molar-refractivity contribution in [3.8, 4) is 0 Å². The number of amides is 2. The highest BCUT2D eigenvalue weighted by Crippen LogP contribution is 2.15. The highest BCUT2D eigenvalue weighted by Gasteiger charge is 2.26. The van der Waals surface area contributed by atoms with E-state index in [-0.39, 0.29) is 13.0 Å². The second-order valence-electron chi connectivity index (χ2n) is 5.01. The molecule has 0 saturated carbocycles. The van der Waals surface area contributed by atoms with Gasteiger partial charge in [0.25, 0.3) is 0 Å². The van der Waals surface area contributed by atoms with Crippen LogP contribution in [-0.4, -0.2) is 77.9 Å². The SMILES string of the molecule is CN(CC1CCCN1C)C(=O)NC(CCO)C(=O)O. The molecule has 1 saturated heterocycles. The molecule has 1 aliphatic rings. The number of carboxylic acid groups (broad SMARTS) is 1. The predicted octanol–water partition coefficient (Wildman–Crippen LogP) is -0.442. The monoisotopic (exact) mass is 273 g/mol. The smallest absolute Gasteiger partial charge is 0.326 e. The fourth-order valence-electron chi connectivity index (χ4n) is 2.25. The van der Waals surface area contributed by atoms with Crippen LogP contribution in [0.5, 0.6) is 0 Å². The van der Waals surface area contributed by atoms with E-state index >= 15 is 0 Å². The molecule has 0 spiro atoms. The maximum absolute atomic E-state index is 11.9. The molecule has 0 radical (unpaired) electrons. The van der Waals surface area contributed by atoms with Crippen LogP contribution >= 0.6 is 0 Å². The van der Waals surface area contributed by atoms with Crippen molar-refractivity contribution in [2.45, 2.75) is 31.3 Å². The van der Waals surface area contributed by atoms with Crippen LogP contribution in [0.4, 0.5) is 4.79 Å². The van der Waals surface area contributed by atoms with Crippen LogP contribution in [0.2, 0.25) is 0 Å². The molecule has 110 valence electrons. The Labute approximate surface area is 113 Å². The summed E-state index contributed by atoms with van der Waals surface area (Å²) in [4.78, 5) is 26.5. The predicted molar refractivity (Wildman–Crippen MR) is 69.9 cm³/mol. The number of rotatable bonds is 6. The van der Waals surface area contributed by atoms with Gasteiger partial charge in [0.1, 0.15) is 6.04 Å². The van der Waals surface area contributed by atoms with Crippen LogP contribution in [0.1, 0.15) is 19.3 Å². The molecule has 7 heteroatoms. The number of hydrogen-bond acceptors (Lipinski definition) is 4. The minimum Gasteiger partial charge on any atom is -0.480 e. The number of nitrogens with zero attached hydrogens (tertiary/aromatic N) is 2. The molecule has 0 aromatic rings. The summed E-state index contributed by atoms with van der Waals surface area (Å²) in [6, 6.07) is -1.13. The third-order valence-corrected chi connectivity index (χ3v) is 3.52. The molecule has 7 nitrogen and oxygen atoms in total. The summed E-state index contributed by atoms with van der Waals surface area (Å²) in [6.07, 6.45) is 2.18. The number of carbonyl (C=O) groups excluding carboxylic acids is 1. The Morgan fingerprint density at radius 2 is 2.21 bits per heavy atom. The molecule has 19 heavy (non-hydrogen) atoms. The van der Waals surface area contributed by atoms with Crippen molar-refractivity contribution in [1.82, 2.24) is 15.1 Å². The van der Waals surface area contributed by atoms with Gasteiger partial charge in [0.05, 0.1) is 0 Å². The number of aliphatic hydroxyl groups excluding tert-OH is 1. The van der Waals surface area contributed by atoms with Gasteiger partial charge in [-0.15, -0.1) is 0 Å². The Balaban J connectivity index is 2.44. The van der Waals surface area contributed by atoms with Gasteiger partial charge in [-0.2, -0.15) is 0 Å². The first-order valence-electron chi connectivity index (χ1n) is 6.51. The molecular weight excluding hydrogens is 250 g/mol. The summed E-state index contributed by atoms with van der Waals surface area (Å²) < 4.78 is 0. The van der Waals surface area contributed by atoms with Gasteiger partial charge in [0.2, 0.25) is 0 Å². The standard InChI is InChI=1S/C12H23N3O4/c1-14-6-3-4-9(14)8-15(2)12(19)13-10(5-7-16)11(17)18/h9-10,16H,3-8H2,1-2H3,(H,13,19)(H,17,18). The number of likely N-dealkylation sites (N-methyl/N-ethyl adjacent to an activating group) is 2. The molecule has 0 aromatic heterocycles. The normalized spacial score (nSPS) is 21.1. The Morgan fingerprint density at radius 3 is 2.68 bits per heavy atom. The highest BCUT2D eigenvalue weighted by molar-refractivity contribution is 5.82. The first-order chi connectivity index (χ1) is 8.95. The third kappa shape index (κ3) is 4.68. The third-order valence-electron chi connectivity index (χ3n) is 3.52. The number of urea groups is 1. The number of aliphatic hydroxyl groups is 1. The van der Waals surface area contributed by atoms with E-state index in [0.717, 1.165) is 19.4 Å². The maximum Gasteiger partial charge on any atom is 0.326 e. The van der Waals surface area contributed by atoms with Gasteiger partial charge < -0.3 is 25.3 Å². The van der Waals surface area contributed by atoms with E-state index in [1.54, 1.807) is 7.05 Å². The summed E-state index contributed by atoms with van der Waals surface area (Å²) >= 11 is 0. The first kappa shape index (κ1) is 15.7. The fraction of sp³-hybridized carbons (Fsp3) is 0.833. The van der Waals surface area contributed by atoms with Gasteiger partial charge in [-0.1, -0.05) is 0 Å². The molecule has 1 heterocycles. The van der Waals surface area contributed by atoms with Crippen LogP contribution in [0.15, 0.2) is 0 Å². The summed E-state index contributed by atoms with van der Waals surface area (Å²) in [5.74, 6) is -1.13. The van der Waals surface area contributed by atoms with Crippen molar-refractivity contribution >= 4 is 12.0 Å². The van der Waals surface area contributed by atoms with Gasteiger partial charge in [-0.25, -0.2) is 9.59 Å². The Kier molecular flexibility index (Phi) is 6.04. The molecule has 1 rings (SSSR count). The number of nitrogens with one attached hydrogen (secondary N) is 1. The molecule has 2 atom stereocenters. The highest BCUT2D eigenvalue weighted by atomic mass is 16.4. The lowest BCUT2D eigenvalue weighted by Crippen LogP contribution is -2.49. The van der Waals surface area contributed by atoms with E-state index in [9.17, 15) is 9.59 Å². The fourth-order valence-corrected chi connectivity index (χ4v) is 2.25. The lowest BCUT2D eigenvalue weighted by atomic mass is 10.2. The number of aliphatic carboxylic acids is 1. The van der Waals surface area contributed by atoms with Gasteiger partial charge >= 0.3 is 12.0 Å². The molecule has 2 amide bonds. The summed E-state index contributed by atoms with van der Waals surface area (Å²) in [7, 11) is 3.68. The van der Waals surface area contributed by atoms with Gasteiger partial charge in [0, 0.05) is 32.7 Å². The number of carbonyl (C=O) groups is 2. The zero-order valence-corrected chi connectivity index (χ0v) is 11.5. The van der Waals surface area contributed by atoms with Gasteiger partial charge in [-0.05, 0) is 26.4 Å². The van der Waals surface area contributed by atoms with Crippen LogP contribution in [0.25, 0.3) is 0 Å². The summed E-state index contributed by atoms with van der Waals surface area (Å²) in [5, 5.41) is 20.1. The van der Waals surface area contributed by atoms with Crippen molar-refractivity contribution < 1.29 is 19.8 Å². The second kappa shape index (κ2) is 7.30. The van der Waals surface area contributed by atoms with Crippen LogP contribution < -0.4 is 5.32 Å². The molecular formula is C12H23N3O4. The molecule has 1 fully saturated rings. The summed E-state index contributed by atoms with van der Waals surface area (Å²) in [6.45, 7) is 1.34. The van der Waals surface area contributed by atoms with Crippen molar-refractivity contribution in [2.24, 2.45) is 0 Å². The van der Waals surface area contributed by atoms with E-state index < -0.39 is 18.0 Å². The van der Waals surface area contributed by atoms with E-state index in [1.165, 1.54) is 4.90 Å². The lowest BCUT2D eigenvalue weighted by Gasteiger charge is -2.27. The molecule has 1 aliphatic heterocycles. The number of likely N-dealkylation sites (tertiary alicyclic amines) is 1. The second-order valence-corrected chi connectivity index (χ2v) is 5.01. The largest absolute Gasteiger partial charge is 0.480 e. The van der Waals surface area contributed by atoms with Crippen LogP contribution in [-0.2, 0) is 4.79 Å². The zero-order valence-electron chi connectivity index (χ0n) is 11.5. The number of hydrogen-bond donors (Lipinski definition) is 3. The quantitative estimate of drug-likeness (QED) is 0.610. The van der Waals surface area contributed by atoms with E-state index in [1.807, 2.05) is 7.05 Å². The minimum atomic E-state index is -1.13. The van der Waals surface area contributed by atoms with Crippen LogP contribution in [0.3, 0.4) is 0 Å². The van der Waals surface area contributed by atoms with E-state index in [4.69, 9.17) is 10.2 Å². The van der Waals surface area contributed by atoms with Gasteiger partial charge in [-0.3, -0.25) is 0 Å². The molecule has 2 unspecified atom stereocenters. The van der Waals surface area contributed by atoms with Crippen LogP contribution in [0, 0.1) is 0 Å². The zero-order chi connectivity index (χ0) is 14.4. The van der Waals surface area contributed by atoms with Gasteiger partial charge in [0.15, 0.2) is 0 Å². The first-order valence-corrected chi connectivity index (χ1v) is 6.51. The maximum atomic E-state index is 11.9. The van der Waals surface area contributed by atoms with Crippen molar-refractivity contribution in [1.29, 1.82) is 0 Å². The van der Waals surface area contributed by atoms with Crippen molar-refractivity contribution in [3.05, 3.63) is 0 Å². The molecule has 0 aliphatic carbocycles. The van der Waals surface area contributed by atoms with Crippen molar-refractivity contribution in [3.63, 3.8) is 0 Å². The van der Waals surface area contributed by atoms with E-state index in [0.29, 0.717) is 12.6 Å². The Morgan fingerprint density at radius 1 is 1.53 bits per heavy atom. The topological polar surface area (TPSA) is 93.1 Å². The molecule has 0 aromatic carbocycles. The molecule has 0 bridgehead atoms. The van der Waals surface area contributed by atoms with E-state index in [2.05, 4.69) is 10.2 Å².